The monoisotopic (exact) mass is 414 g/mol. The van der Waals surface area contributed by atoms with Gasteiger partial charge in [0.2, 0.25) is 15.9 Å². The molecule has 2 aromatic heterocycles. The van der Waals surface area contributed by atoms with Crippen molar-refractivity contribution in [1.29, 1.82) is 5.26 Å². The molecule has 28 heavy (non-hydrogen) atoms. The number of thiophene rings is 1. The van der Waals surface area contributed by atoms with Gasteiger partial charge in [-0.1, -0.05) is 18.2 Å². The summed E-state index contributed by atoms with van der Waals surface area (Å²) in [6, 6.07) is 12.2. The van der Waals surface area contributed by atoms with E-state index in [0.29, 0.717) is 38.6 Å². The summed E-state index contributed by atoms with van der Waals surface area (Å²) in [4.78, 5) is 7.73. The average Bonchev–Trinajstić information content (AvgIpc) is 3.40. The Morgan fingerprint density at radius 2 is 1.93 bits per heavy atom. The lowest BCUT2D eigenvalue weighted by atomic mass is 10.2. The van der Waals surface area contributed by atoms with E-state index in [1.807, 2.05) is 23.6 Å². The number of oxazole rings is 1. The first kappa shape index (κ1) is 18.8. The summed E-state index contributed by atoms with van der Waals surface area (Å²) in [5.74, 6) is 0.610. The molecule has 144 valence electrons. The average molecular weight is 415 g/mol. The molecule has 0 unspecified atom stereocenters. The van der Waals surface area contributed by atoms with Crippen LogP contribution in [-0.4, -0.2) is 48.8 Å². The van der Waals surface area contributed by atoms with Gasteiger partial charge >= 0.3 is 0 Å². The van der Waals surface area contributed by atoms with Gasteiger partial charge in [0.05, 0.1) is 21.0 Å². The third kappa shape index (κ3) is 3.72. The Balaban J connectivity index is 1.40. The number of nitrogens with zero attached hydrogens (tertiary/aromatic N) is 4. The number of aromatic nitrogens is 1. The van der Waals surface area contributed by atoms with Gasteiger partial charge < -0.3 is 4.42 Å². The van der Waals surface area contributed by atoms with Gasteiger partial charge in [0.1, 0.15) is 12.3 Å². The summed E-state index contributed by atoms with van der Waals surface area (Å²) in [7, 11) is -3.68. The van der Waals surface area contributed by atoms with Crippen molar-refractivity contribution in [3.8, 4) is 16.8 Å². The zero-order chi connectivity index (χ0) is 19.6. The van der Waals surface area contributed by atoms with Crippen molar-refractivity contribution < 1.29 is 12.8 Å². The minimum absolute atomic E-state index is 0.0723. The first-order valence-corrected chi connectivity index (χ1v) is 11.1. The van der Waals surface area contributed by atoms with Crippen LogP contribution in [0.1, 0.15) is 11.3 Å². The third-order valence-electron chi connectivity index (χ3n) is 4.63. The minimum atomic E-state index is -3.68. The summed E-state index contributed by atoms with van der Waals surface area (Å²) >= 11 is 1.57. The highest BCUT2D eigenvalue weighted by Gasteiger charge is 2.30. The molecule has 4 rings (SSSR count). The second-order valence-corrected chi connectivity index (χ2v) is 9.26. The van der Waals surface area contributed by atoms with Crippen molar-refractivity contribution in [2.24, 2.45) is 0 Å². The van der Waals surface area contributed by atoms with Gasteiger partial charge in [0.15, 0.2) is 0 Å². The largest absolute Gasteiger partial charge is 0.444 e. The van der Waals surface area contributed by atoms with Crippen LogP contribution in [0.2, 0.25) is 0 Å². The number of hydrogen-bond acceptors (Lipinski definition) is 7. The molecule has 0 aliphatic carbocycles. The van der Waals surface area contributed by atoms with Gasteiger partial charge in [-0.15, -0.1) is 11.3 Å². The van der Waals surface area contributed by atoms with Gasteiger partial charge in [0, 0.05) is 32.7 Å². The fraction of sp³-hybridized carbons (Fsp3) is 0.263. The highest BCUT2D eigenvalue weighted by Crippen LogP contribution is 2.25. The summed E-state index contributed by atoms with van der Waals surface area (Å²) in [6.45, 7) is 2.54. The first-order valence-electron chi connectivity index (χ1n) is 8.78. The Bertz CT molecular complexity index is 1090. The highest BCUT2D eigenvalue weighted by molar-refractivity contribution is 7.89. The molecule has 3 heterocycles. The van der Waals surface area contributed by atoms with E-state index in [9.17, 15) is 13.7 Å². The summed E-state index contributed by atoms with van der Waals surface area (Å²) in [5.41, 5.74) is 1.00. The number of sulfonamides is 1. The van der Waals surface area contributed by atoms with Gasteiger partial charge in [-0.2, -0.15) is 9.57 Å². The van der Waals surface area contributed by atoms with E-state index < -0.39 is 10.0 Å². The summed E-state index contributed by atoms with van der Waals surface area (Å²) in [5, 5.41) is 11.2. The van der Waals surface area contributed by atoms with Crippen LogP contribution >= 0.6 is 11.3 Å². The molecule has 1 aliphatic heterocycles. The zero-order valence-corrected chi connectivity index (χ0v) is 16.6. The van der Waals surface area contributed by atoms with Crippen LogP contribution in [0.4, 0.5) is 0 Å². The lowest BCUT2D eigenvalue weighted by Crippen LogP contribution is -2.48. The maximum atomic E-state index is 12.9. The Morgan fingerprint density at radius 3 is 2.64 bits per heavy atom. The predicted molar refractivity (Wildman–Crippen MR) is 105 cm³/mol. The number of hydrogen-bond donors (Lipinski definition) is 0. The normalized spacial score (nSPS) is 16.1. The van der Waals surface area contributed by atoms with Crippen LogP contribution in [0.25, 0.3) is 10.8 Å². The fourth-order valence-electron chi connectivity index (χ4n) is 3.17. The van der Waals surface area contributed by atoms with Crippen LogP contribution in [0.3, 0.4) is 0 Å². The van der Waals surface area contributed by atoms with E-state index in [1.54, 1.807) is 29.7 Å². The van der Waals surface area contributed by atoms with Crippen molar-refractivity contribution in [3.63, 3.8) is 0 Å². The Hall–Kier alpha value is -2.51. The topological polar surface area (TPSA) is 90.4 Å². The molecule has 0 bridgehead atoms. The Labute approximate surface area is 167 Å². The van der Waals surface area contributed by atoms with Gasteiger partial charge in [0.25, 0.3) is 0 Å². The highest BCUT2D eigenvalue weighted by atomic mass is 32.2. The maximum Gasteiger partial charge on any atom is 0.244 e. The van der Waals surface area contributed by atoms with E-state index in [2.05, 4.69) is 9.88 Å². The molecular weight excluding hydrogens is 396 g/mol. The first-order chi connectivity index (χ1) is 13.6. The van der Waals surface area contributed by atoms with Crippen molar-refractivity contribution in [3.05, 3.63) is 59.3 Å². The molecular formula is C19H18N4O3S2. The lowest BCUT2D eigenvalue weighted by molar-refractivity contribution is 0.180. The maximum absolute atomic E-state index is 12.9. The quantitative estimate of drug-likeness (QED) is 0.638. The molecule has 0 spiro atoms. The molecule has 1 aromatic carbocycles. The van der Waals surface area contributed by atoms with Crippen LogP contribution in [0.15, 0.2) is 57.4 Å². The van der Waals surface area contributed by atoms with E-state index in [0.717, 1.165) is 10.6 Å². The minimum Gasteiger partial charge on any atom is -0.444 e. The molecule has 7 nitrogen and oxygen atoms in total. The van der Waals surface area contributed by atoms with E-state index in [1.165, 1.54) is 16.4 Å². The van der Waals surface area contributed by atoms with E-state index in [-0.39, 0.29) is 10.5 Å². The zero-order valence-electron chi connectivity index (χ0n) is 15.0. The van der Waals surface area contributed by atoms with Crippen molar-refractivity contribution in [1.82, 2.24) is 14.2 Å². The van der Waals surface area contributed by atoms with E-state index in [4.69, 9.17) is 4.42 Å². The Kier molecular flexibility index (Phi) is 5.28. The van der Waals surface area contributed by atoms with Gasteiger partial charge in [-0.3, -0.25) is 4.90 Å². The van der Waals surface area contributed by atoms with Crippen LogP contribution < -0.4 is 0 Å². The number of nitriles is 1. The summed E-state index contributed by atoms with van der Waals surface area (Å²) < 4.78 is 32.8. The van der Waals surface area contributed by atoms with Crippen LogP contribution in [-0.2, 0) is 16.6 Å². The van der Waals surface area contributed by atoms with E-state index >= 15 is 0 Å². The molecule has 0 saturated carbocycles. The van der Waals surface area contributed by atoms with Crippen molar-refractivity contribution in [2.45, 2.75) is 11.4 Å². The lowest BCUT2D eigenvalue weighted by Gasteiger charge is -2.33. The molecule has 0 atom stereocenters. The molecule has 9 heteroatoms. The summed E-state index contributed by atoms with van der Waals surface area (Å²) in [6.07, 6.45) is 1.65. The standard InChI is InChI=1S/C19H18N4O3S2/c20-12-15-4-1-2-6-18(15)28(24,25)23-9-7-22(8-10-23)13-16-14-26-19(21-16)17-5-3-11-27-17/h1-6,11,14H,7-10,13H2. The smallest absolute Gasteiger partial charge is 0.244 e. The predicted octanol–water partition coefficient (Wildman–Crippen LogP) is 2.78. The SMILES string of the molecule is N#Cc1ccccc1S(=O)(=O)N1CCN(Cc2coc(-c3cccs3)n2)CC1. The Morgan fingerprint density at radius 1 is 1.14 bits per heavy atom. The molecule has 3 aromatic rings. The second kappa shape index (κ2) is 7.85. The van der Waals surface area contributed by atoms with Crippen LogP contribution in [0.5, 0.6) is 0 Å². The fourth-order valence-corrected chi connectivity index (χ4v) is 5.39. The van der Waals surface area contributed by atoms with Crippen molar-refractivity contribution >= 4 is 21.4 Å². The third-order valence-corrected chi connectivity index (χ3v) is 7.44. The number of piperazine rings is 1. The molecule has 0 N–H and O–H groups in total. The molecule has 0 radical (unpaired) electrons. The number of benzene rings is 1. The molecule has 1 aliphatic rings. The van der Waals surface area contributed by atoms with Crippen LogP contribution in [0, 0.1) is 11.3 Å². The number of rotatable bonds is 5. The van der Waals surface area contributed by atoms with Gasteiger partial charge in [-0.25, -0.2) is 13.4 Å². The molecule has 1 fully saturated rings. The molecule has 1 saturated heterocycles. The van der Waals surface area contributed by atoms with Crippen molar-refractivity contribution in [2.75, 3.05) is 26.2 Å². The van der Waals surface area contributed by atoms with Gasteiger partial charge in [-0.05, 0) is 23.6 Å². The molecule has 0 amide bonds. The second-order valence-electron chi connectivity index (χ2n) is 6.41.